The number of rotatable bonds is 6. The van der Waals surface area contributed by atoms with E-state index in [1.54, 1.807) is 24.5 Å². The summed E-state index contributed by atoms with van der Waals surface area (Å²) in [5.41, 5.74) is 1.17. The van der Waals surface area contributed by atoms with Gasteiger partial charge in [0.25, 0.3) is 5.91 Å². The fourth-order valence-electron chi connectivity index (χ4n) is 3.51. The second kappa shape index (κ2) is 8.98. The van der Waals surface area contributed by atoms with Crippen molar-refractivity contribution >= 4 is 46.0 Å². The standard InChI is InChI=1S/C20H22Cl2N6O/c21-14-3-4-16-15(13-14)17(22)18(26-16)19(29)23-7-2-8-27-9-11-28(12-10-27)20-24-5-1-6-25-20/h1,3-6,13,26H,2,7-12H2,(H,23,29). The number of amides is 1. The predicted molar refractivity (Wildman–Crippen MR) is 116 cm³/mol. The fraction of sp³-hybridized carbons (Fsp3) is 0.350. The molecule has 0 spiro atoms. The first kappa shape index (κ1) is 19.9. The van der Waals surface area contributed by atoms with Gasteiger partial charge >= 0.3 is 0 Å². The van der Waals surface area contributed by atoms with E-state index in [4.69, 9.17) is 23.2 Å². The largest absolute Gasteiger partial charge is 0.351 e. The Bertz CT molecular complexity index is 985. The molecule has 2 N–H and O–H groups in total. The van der Waals surface area contributed by atoms with Crippen LogP contribution >= 0.6 is 23.2 Å². The molecule has 0 aliphatic carbocycles. The monoisotopic (exact) mass is 432 g/mol. The van der Waals surface area contributed by atoms with Crippen molar-refractivity contribution in [1.82, 2.24) is 25.2 Å². The Hall–Kier alpha value is -2.35. The third-order valence-corrected chi connectivity index (χ3v) is 5.70. The first-order valence-corrected chi connectivity index (χ1v) is 10.4. The van der Waals surface area contributed by atoms with E-state index >= 15 is 0 Å². The van der Waals surface area contributed by atoms with E-state index in [0.29, 0.717) is 22.3 Å². The molecule has 29 heavy (non-hydrogen) atoms. The molecule has 4 rings (SSSR count). The summed E-state index contributed by atoms with van der Waals surface area (Å²) < 4.78 is 0. The molecule has 0 unspecified atom stereocenters. The molecule has 0 saturated carbocycles. The molecule has 7 nitrogen and oxygen atoms in total. The SMILES string of the molecule is O=C(NCCCN1CCN(c2ncccn2)CC1)c1[nH]c2ccc(Cl)cc2c1Cl. The molecule has 3 heterocycles. The topological polar surface area (TPSA) is 77.2 Å². The van der Waals surface area contributed by atoms with Gasteiger partial charge < -0.3 is 15.2 Å². The minimum Gasteiger partial charge on any atom is -0.351 e. The summed E-state index contributed by atoms with van der Waals surface area (Å²) >= 11 is 12.4. The van der Waals surface area contributed by atoms with Gasteiger partial charge in [0, 0.05) is 61.0 Å². The Morgan fingerprint density at radius 2 is 1.90 bits per heavy atom. The molecule has 1 amide bonds. The molecule has 1 aliphatic rings. The van der Waals surface area contributed by atoms with Crippen LogP contribution in [0.15, 0.2) is 36.7 Å². The summed E-state index contributed by atoms with van der Waals surface area (Å²) in [7, 11) is 0. The molecule has 1 aromatic carbocycles. The maximum absolute atomic E-state index is 12.5. The highest BCUT2D eigenvalue weighted by molar-refractivity contribution is 6.39. The van der Waals surface area contributed by atoms with E-state index < -0.39 is 0 Å². The minimum absolute atomic E-state index is 0.201. The van der Waals surface area contributed by atoms with E-state index in [1.165, 1.54) is 0 Å². The lowest BCUT2D eigenvalue weighted by molar-refractivity contribution is 0.0947. The maximum Gasteiger partial charge on any atom is 0.269 e. The van der Waals surface area contributed by atoms with E-state index in [1.807, 2.05) is 12.1 Å². The van der Waals surface area contributed by atoms with Crippen LogP contribution in [0.5, 0.6) is 0 Å². The number of anilines is 1. The van der Waals surface area contributed by atoms with Crippen LogP contribution in [0.2, 0.25) is 10.0 Å². The van der Waals surface area contributed by atoms with Crippen LogP contribution in [-0.2, 0) is 0 Å². The number of hydrogen-bond acceptors (Lipinski definition) is 5. The number of H-pyrrole nitrogens is 1. The second-order valence-corrected chi connectivity index (χ2v) is 7.81. The minimum atomic E-state index is -0.201. The van der Waals surface area contributed by atoms with Crippen molar-refractivity contribution in [3.8, 4) is 0 Å². The lowest BCUT2D eigenvalue weighted by Crippen LogP contribution is -2.47. The number of halogens is 2. The summed E-state index contributed by atoms with van der Waals surface area (Å²) in [4.78, 5) is 28.8. The van der Waals surface area contributed by atoms with Gasteiger partial charge in [-0.05, 0) is 37.2 Å². The normalized spacial score (nSPS) is 15.0. The lowest BCUT2D eigenvalue weighted by atomic mass is 10.2. The van der Waals surface area contributed by atoms with Crippen LogP contribution in [0.1, 0.15) is 16.9 Å². The van der Waals surface area contributed by atoms with Crippen molar-refractivity contribution < 1.29 is 4.79 Å². The number of carbonyl (C=O) groups excluding carboxylic acids is 1. The van der Waals surface area contributed by atoms with Crippen molar-refractivity contribution in [3.05, 3.63) is 52.4 Å². The molecule has 0 atom stereocenters. The zero-order valence-electron chi connectivity index (χ0n) is 15.9. The van der Waals surface area contributed by atoms with Crippen LogP contribution in [0.4, 0.5) is 5.95 Å². The van der Waals surface area contributed by atoms with Crippen LogP contribution < -0.4 is 10.2 Å². The number of hydrogen-bond donors (Lipinski definition) is 2. The van der Waals surface area contributed by atoms with Gasteiger partial charge in [-0.15, -0.1) is 0 Å². The Morgan fingerprint density at radius 1 is 1.14 bits per heavy atom. The fourth-order valence-corrected chi connectivity index (χ4v) is 3.97. The molecular weight excluding hydrogens is 411 g/mol. The number of nitrogens with one attached hydrogen (secondary N) is 2. The molecule has 9 heteroatoms. The van der Waals surface area contributed by atoms with Gasteiger partial charge in [-0.25, -0.2) is 9.97 Å². The van der Waals surface area contributed by atoms with Crippen LogP contribution in [0.25, 0.3) is 10.9 Å². The highest BCUT2D eigenvalue weighted by atomic mass is 35.5. The average Bonchev–Trinajstić information content (AvgIpc) is 3.08. The van der Waals surface area contributed by atoms with E-state index in [9.17, 15) is 4.79 Å². The van der Waals surface area contributed by atoms with Crippen molar-refractivity contribution in [2.75, 3.05) is 44.2 Å². The predicted octanol–water partition coefficient (Wildman–Crippen LogP) is 3.21. The highest BCUT2D eigenvalue weighted by Gasteiger charge is 2.19. The molecule has 152 valence electrons. The number of aromatic nitrogens is 3. The van der Waals surface area contributed by atoms with E-state index in [0.717, 1.165) is 56.0 Å². The van der Waals surface area contributed by atoms with Crippen molar-refractivity contribution in [2.45, 2.75) is 6.42 Å². The summed E-state index contributed by atoms with van der Waals surface area (Å²) in [6.45, 7) is 5.25. The summed E-state index contributed by atoms with van der Waals surface area (Å²) in [6, 6.07) is 7.17. The van der Waals surface area contributed by atoms with Gasteiger partial charge in [-0.2, -0.15) is 0 Å². The molecule has 2 aromatic heterocycles. The number of nitrogens with zero attached hydrogens (tertiary/aromatic N) is 4. The highest BCUT2D eigenvalue weighted by Crippen LogP contribution is 2.29. The quantitative estimate of drug-likeness (QED) is 0.584. The van der Waals surface area contributed by atoms with Crippen LogP contribution in [0.3, 0.4) is 0 Å². The van der Waals surface area contributed by atoms with Gasteiger partial charge in [0.1, 0.15) is 5.69 Å². The van der Waals surface area contributed by atoms with Gasteiger partial charge in [-0.3, -0.25) is 9.69 Å². The lowest BCUT2D eigenvalue weighted by Gasteiger charge is -2.34. The third-order valence-electron chi connectivity index (χ3n) is 5.07. The molecule has 1 aliphatic heterocycles. The zero-order valence-corrected chi connectivity index (χ0v) is 17.4. The zero-order chi connectivity index (χ0) is 20.2. The van der Waals surface area contributed by atoms with Gasteiger partial charge in [0.15, 0.2) is 0 Å². The summed E-state index contributed by atoms with van der Waals surface area (Å²) in [5.74, 6) is 0.587. The average molecular weight is 433 g/mol. The second-order valence-electron chi connectivity index (χ2n) is 6.99. The van der Waals surface area contributed by atoms with Gasteiger partial charge in [0.2, 0.25) is 5.95 Å². The number of carbonyl (C=O) groups is 1. The number of piperazine rings is 1. The molecule has 1 fully saturated rings. The first-order valence-electron chi connectivity index (χ1n) is 9.61. The molecule has 0 radical (unpaired) electrons. The smallest absolute Gasteiger partial charge is 0.269 e. The van der Waals surface area contributed by atoms with E-state index in [-0.39, 0.29) is 5.91 Å². The Kier molecular flexibility index (Phi) is 6.18. The van der Waals surface area contributed by atoms with Crippen molar-refractivity contribution in [2.24, 2.45) is 0 Å². The number of benzene rings is 1. The van der Waals surface area contributed by atoms with Gasteiger partial charge in [-0.1, -0.05) is 23.2 Å². The molecule has 1 saturated heterocycles. The molecular formula is C20H22Cl2N6O. The third kappa shape index (κ3) is 4.63. The summed E-state index contributed by atoms with van der Waals surface area (Å²) in [5, 5.41) is 4.69. The maximum atomic E-state index is 12.5. The molecule has 0 bridgehead atoms. The first-order chi connectivity index (χ1) is 14.1. The van der Waals surface area contributed by atoms with Gasteiger partial charge in [0.05, 0.1) is 5.02 Å². The van der Waals surface area contributed by atoms with Crippen molar-refractivity contribution in [1.29, 1.82) is 0 Å². The summed E-state index contributed by atoms with van der Waals surface area (Å²) in [6.07, 6.45) is 4.41. The Morgan fingerprint density at radius 3 is 2.66 bits per heavy atom. The number of aromatic amines is 1. The number of fused-ring (bicyclic) bond motifs is 1. The van der Waals surface area contributed by atoms with Crippen LogP contribution in [0, 0.1) is 0 Å². The Balaban J connectivity index is 1.22. The molecule has 3 aromatic rings. The van der Waals surface area contributed by atoms with Crippen LogP contribution in [-0.4, -0.2) is 65.0 Å². The van der Waals surface area contributed by atoms with Crippen molar-refractivity contribution in [3.63, 3.8) is 0 Å². The van der Waals surface area contributed by atoms with E-state index in [2.05, 4.69) is 30.1 Å². The Labute approximate surface area is 179 Å².